The van der Waals surface area contributed by atoms with Gasteiger partial charge in [0.15, 0.2) is 0 Å². The van der Waals surface area contributed by atoms with Crippen LogP contribution in [0.2, 0.25) is 0 Å². The zero-order chi connectivity index (χ0) is 26.7. The lowest BCUT2D eigenvalue weighted by atomic mass is 9.13. The third-order valence-corrected chi connectivity index (χ3v) is 8.45. The van der Waals surface area contributed by atoms with Crippen LogP contribution in [0.4, 0.5) is 17.6 Å². The second-order valence-corrected chi connectivity index (χ2v) is 10.6. The molecule has 2 aliphatic rings. The van der Waals surface area contributed by atoms with Crippen LogP contribution in [0.25, 0.3) is 0 Å². The molecule has 4 aromatic rings. The molecule has 196 valence electrons. The highest BCUT2D eigenvalue weighted by Crippen LogP contribution is 2.33. The van der Waals surface area contributed by atoms with Crippen LogP contribution in [0.1, 0.15) is 32.1 Å². The second-order valence-electron chi connectivity index (χ2n) is 10.6. The highest BCUT2D eigenvalue weighted by molar-refractivity contribution is 7.19. The first kappa shape index (κ1) is 26.2. The maximum atomic E-state index is 14.3. The van der Waals surface area contributed by atoms with Gasteiger partial charge in [-0.25, -0.2) is 17.6 Å². The number of hydrogen-bond donors (Lipinski definition) is 0. The van der Waals surface area contributed by atoms with E-state index in [1.807, 2.05) is 0 Å². The number of rotatable bonds is 4. The molecule has 2 saturated heterocycles. The number of nitrogens with zero attached hydrogens (tertiary/aromatic N) is 1. The van der Waals surface area contributed by atoms with Crippen molar-refractivity contribution in [3.05, 3.63) is 120 Å². The summed E-state index contributed by atoms with van der Waals surface area (Å²) >= 11 is 0. The van der Waals surface area contributed by atoms with Crippen LogP contribution >= 0.6 is 0 Å². The molecule has 2 fully saturated rings. The van der Waals surface area contributed by atoms with Gasteiger partial charge in [-0.3, -0.25) is 0 Å². The molecule has 0 spiro atoms. The highest BCUT2D eigenvalue weighted by atomic mass is 19.1. The summed E-state index contributed by atoms with van der Waals surface area (Å²) in [5.41, 5.74) is 1.97. The standard InChI is InChI=1S/C24H16BF4.C8H15N/c26-21-9-1-5-17(13-21)25(18-6-2-10-22(27)14-18,19-7-3-11-23(28)15-19)20-8-4-12-24(29)16-20;1-9-7-3-2-4-8(9)6-5-7/h1-16H;7-8H,2-6H2,1H3/q-1;/t;7-,8+. The first-order valence-corrected chi connectivity index (χ1v) is 13.3. The van der Waals surface area contributed by atoms with E-state index in [4.69, 9.17) is 0 Å². The summed E-state index contributed by atoms with van der Waals surface area (Å²) < 4.78 is 57.1. The van der Waals surface area contributed by atoms with Crippen LogP contribution in [0.5, 0.6) is 0 Å². The van der Waals surface area contributed by atoms with Gasteiger partial charge >= 0.3 is 0 Å². The summed E-state index contributed by atoms with van der Waals surface area (Å²) in [6, 6.07) is 25.4. The van der Waals surface area contributed by atoms with E-state index in [9.17, 15) is 17.6 Å². The lowest BCUT2D eigenvalue weighted by Gasteiger charge is -2.44. The smallest absolute Gasteiger partial charge is 0.120 e. The molecule has 0 saturated carbocycles. The van der Waals surface area contributed by atoms with Gasteiger partial charge in [-0.05, 0) is 57.0 Å². The third-order valence-electron chi connectivity index (χ3n) is 8.45. The Morgan fingerprint density at radius 3 is 1.11 bits per heavy atom. The fourth-order valence-electron chi connectivity index (χ4n) is 6.63. The molecule has 2 atom stereocenters. The molecule has 2 bridgehead atoms. The summed E-state index contributed by atoms with van der Waals surface area (Å²) in [6.45, 7) is 0. The van der Waals surface area contributed by atoms with Gasteiger partial charge in [0.2, 0.25) is 0 Å². The van der Waals surface area contributed by atoms with Gasteiger partial charge in [0, 0.05) is 12.1 Å². The Labute approximate surface area is 222 Å². The molecule has 2 heterocycles. The minimum atomic E-state index is -2.25. The minimum absolute atomic E-state index is 0.488. The molecule has 0 aromatic heterocycles. The maximum Gasteiger partial charge on any atom is 0.120 e. The van der Waals surface area contributed by atoms with Gasteiger partial charge < -0.3 is 4.90 Å². The van der Waals surface area contributed by atoms with Gasteiger partial charge in [0.1, 0.15) is 29.4 Å². The summed E-state index contributed by atoms with van der Waals surface area (Å²) in [4.78, 5) is 2.59. The van der Waals surface area contributed by atoms with E-state index in [2.05, 4.69) is 11.9 Å². The van der Waals surface area contributed by atoms with Crippen LogP contribution in [0.3, 0.4) is 0 Å². The van der Waals surface area contributed by atoms with E-state index in [0.29, 0.717) is 21.9 Å². The second kappa shape index (κ2) is 11.2. The number of benzene rings is 4. The molecule has 0 aliphatic carbocycles. The van der Waals surface area contributed by atoms with Crippen LogP contribution in [0, 0.1) is 23.3 Å². The molecule has 38 heavy (non-hydrogen) atoms. The Bertz CT molecular complexity index is 1200. The molecule has 0 amide bonds. The molecule has 0 unspecified atom stereocenters. The summed E-state index contributed by atoms with van der Waals surface area (Å²) in [7, 11) is 2.29. The van der Waals surface area contributed by atoms with Crippen molar-refractivity contribution < 1.29 is 17.6 Å². The first-order valence-electron chi connectivity index (χ1n) is 13.3. The average Bonchev–Trinajstić information content (AvgIpc) is 3.09. The molecule has 0 N–H and O–H groups in total. The Kier molecular flexibility index (Phi) is 7.71. The molecule has 6 heteroatoms. The number of halogens is 4. The molecular weight excluding hydrogens is 485 g/mol. The van der Waals surface area contributed by atoms with Crippen LogP contribution in [-0.2, 0) is 0 Å². The van der Waals surface area contributed by atoms with Crippen molar-refractivity contribution in [2.45, 2.75) is 44.2 Å². The zero-order valence-electron chi connectivity index (χ0n) is 21.5. The van der Waals surface area contributed by atoms with E-state index in [-0.39, 0.29) is 0 Å². The van der Waals surface area contributed by atoms with Crippen LogP contribution in [-0.4, -0.2) is 30.2 Å². The van der Waals surface area contributed by atoms with Crippen molar-refractivity contribution in [3.63, 3.8) is 0 Å². The Morgan fingerprint density at radius 2 is 0.842 bits per heavy atom. The number of fused-ring (bicyclic) bond motifs is 2. The average molecular weight is 516 g/mol. The lowest BCUT2D eigenvalue weighted by molar-refractivity contribution is 0.179. The Morgan fingerprint density at radius 1 is 0.526 bits per heavy atom. The van der Waals surface area contributed by atoms with Gasteiger partial charge in [-0.1, -0.05) is 79.2 Å². The largest absolute Gasteiger partial charge is 0.300 e. The van der Waals surface area contributed by atoms with Crippen molar-refractivity contribution in [1.29, 1.82) is 0 Å². The van der Waals surface area contributed by atoms with Crippen LogP contribution in [0.15, 0.2) is 97.1 Å². The van der Waals surface area contributed by atoms with Crippen molar-refractivity contribution in [1.82, 2.24) is 4.90 Å². The van der Waals surface area contributed by atoms with Crippen molar-refractivity contribution in [2.24, 2.45) is 0 Å². The zero-order valence-corrected chi connectivity index (χ0v) is 21.5. The van der Waals surface area contributed by atoms with Gasteiger partial charge in [0.25, 0.3) is 0 Å². The van der Waals surface area contributed by atoms with Crippen molar-refractivity contribution in [3.8, 4) is 0 Å². The predicted molar refractivity (Wildman–Crippen MR) is 148 cm³/mol. The molecule has 0 radical (unpaired) electrons. The topological polar surface area (TPSA) is 3.24 Å². The van der Waals surface area contributed by atoms with E-state index >= 15 is 0 Å². The van der Waals surface area contributed by atoms with Crippen molar-refractivity contribution >= 4 is 28.0 Å². The molecular formula is C32H31BF4N-. The lowest BCUT2D eigenvalue weighted by Crippen LogP contribution is -2.75. The molecule has 4 aromatic carbocycles. The fourth-order valence-corrected chi connectivity index (χ4v) is 6.63. The number of piperidine rings is 1. The predicted octanol–water partition coefficient (Wildman–Crippen LogP) is 5.25. The Balaban J connectivity index is 0.000000273. The maximum absolute atomic E-state index is 14.3. The van der Waals surface area contributed by atoms with Crippen molar-refractivity contribution in [2.75, 3.05) is 7.05 Å². The summed E-state index contributed by atoms with van der Waals surface area (Å²) in [6.07, 6.45) is 5.11. The SMILES string of the molecule is CN1[C@@H]2CCC[C@H]1CC2.Fc1cccc([B-](c2cccc(F)c2)(c2cccc(F)c2)c2cccc(F)c2)c1. The third kappa shape index (κ3) is 5.15. The van der Waals surface area contributed by atoms with Crippen LogP contribution < -0.4 is 21.9 Å². The summed E-state index contributed by atoms with van der Waals surface area (Å²) in [5.74, 6) is -1.95. The van der Waals surface area contributed by atoms with E-state index in [1.54, 1.807) is 48.5 Å². The fraction of sp³-hybridized carbons (Fsp3) is 0.250. The monoisotopic (exact) mass is 516 g/mol. The van der Waals surface area contributed by atoms with Gasteiger partial charge in [0.05, 0.1) is 0 Å². The van der Waals surface area contributed by atoms with E-state index < -0.39 is 29.4 Å². The first-order chi connectivity index (χ1) is 18.4. The molecule has 6 rings (SSSR count). The minimum Gasteiger partial charge on any atom is -0.300 e. The van der Waals surface area contributed by atoms with Gasteiger partial charge in [-0.15, -0.1) is 0 Å². The Hall–Kier alpha value is -3.38. The van der Waals surface area contributed by atoms with E-state index in [1.165, 1.54) is 80.6 Å². The molecule has 1 nitrogen and oxygen atoms in total. The number of hydrogen-bond acceptors (Lipinski definition) is 1. The normalized spacial score (nSPS) is 19.1. The van der Waals surface area contributed by atoms with E-state index in [0.717, 1.165) is 12.1 Å². The highest BCUT2D eigenvalue weighted by Gasteiger charge is 2.34. The molecule has 2 aliphatic heterocycles. The van der Waals surface area contributed by atoms with Gasteiger partial charge in [-0.2, -0.15) is 21.9 Å². The quantitative estimate of drug-likeness (QED) is 0.265. The summed E-state index contributed by atoms with van der Waals surface area (Å²) in [5, 5.41) is 0.